The third kappa shape index (κ3) is 9.82. The molecule has 10 heteroatoms. The average molecular weight is 674 g/mol. The molecule has 0 fully saturated rings. The minimum absolute atomic E-state index is 0.176. The fraction of sp³-hybridized carbons (Fsp3) is 0.350. The molecule has 1 aromatic heterocycles. The van der Waals surface area contributed by atoms with Gasteiger partial charge < -0.3 is 29.2 Å². The Labute approximate surface area is 294 Å². The topological polar surface area (TPSA) is 130 Å². The Hall–Kier alpha value is -5.42. The summed E-state index contributed by atoms with van der Waals surface area (Å²) >= 11 is 0. The van der Waals surface area contributed by atoms with Crippen LogP contribution in [0.2, 0.25) is 0 Å². The lowest BCUT2D eigenvalue weighted by molar-refractivity contribution is -0.119. The largest absolute Gasteiger partial charge is 0.488 e. The molecule has 5 rings (SSSR count). The number of Topliss-reactive ketones (excluding diaryl/α,β-unsaturated/α-hetero) is 1. The minimum atomic E-state index is 0.176. The number of nitriles is 2. The SMILES string of the molecule is Cc1cc(CNCCCC(=O)CCCN(C)C)c(OCc2cncc(C#N)c2)cc1OCc1cccc(-c2ccc3c(c2)OCCO3)c1C#N. The quantitative estimate of drug-likeness (QED) is 0.124. The number of fused-ring (bicyclic) bond motifs is 1. The summed E-state index contributed by atoms with van der Waals surface area (Å²) in [5, 5.41) is 23.0. The van der Waals surface area contributed by atoms with Gasteiger partial charge >= 0.3 is 0 Å². The van der Waals surface area contributed by atoms with Crippen molar-refractivity contribution in [3.05, 3.63) is 100 Å². The maximum absolute atomic E-state index is 12.3. The number of pyridine rings is 1. The van der Waals surface area contributed by atoms with Gasteiger partial charge in [-0.1, -0.05) is 24.3 Å². The zero-order chi connectivity index (χ0) is 35.3. The van der Waals surface area contributed by atoms with Crippen molar-refractivity contribution in [2.24, 2.45) is 0 Å². The number of benzene rings is 3. The van der Waals surface area contributed by atoms with E-state index in [1.165, 1.54) is 6.20 Å². The van der Waals surface area contributed by atoms with Gasteiger partial charge in [0.2, 0.25) is 0 Å². The summed E-state index contributed by atoms with van der Waals surface area (Å²) in [6.45, 7) is 5.51. The number of hydrogen-bond acceptors (Lipinski definition) is 10. The van der Waals surface area contributed by atoms with E-state index in [0.29, 0.717) is 79.1 Å². The molecule has 1 N–H and O–H groups in total. The Morgan fingerprint density at radius 2 is 1.70 bits per heavy atom. The molecule has 0 spiro atoms. The van der Waals surface area contributed by atoms with Crippen molar-refractivity contribution in [1.82, 2.24) is 15.2 Å². The molecule has 0 saturated heterocycles. The highest BCUT2D eigenvalue weighted by molar-refractivity contribution is 5.78. The molecule has 1 aliphatic rings. The molecular formula is C40H43N5O5. The zero-order valence-electron chi connectivity index (χ0n) is 29.0. The first-order valence-electron chi connectivity index (χ1n) is 16.9. The normalized spacial score (nSPS) is 11.9. The van der Waals surface area contributed by atoms with Gasteiger partial charge in [0.25, 0.3) is 0 Å². The fourth-order valence-corrected chi connectivity index (χ4v) is 5.76. The number of ether oxygens (including phenoxy) is 4. The fourth-order valence-electron chi connectivity index (χ4n) is 5.76. The lowest BCUT2D eigenvalue weighted by Gasteiger charge is -2.19. The Morgan fingerprint density at radius 3 is 2.50 bits per heavy atom. The zero-order valence-corrected chi connectivity index (χ0v) is 29.0. The summed E-state index contributed by atoms with van der Waals surface area (Å²) < 4.78 is 24.1. The molecule has 0 atom stereocenters. The molecular weight excluding hydrogens is 630 g/mol. The summed E-state index contributed by atoms with van der Waals surface area (Å²) in [5.41, 5.74) is 6.02. The van der Waals surface area contributed by atoms with Gasteiger partial charge in [-0.25, -0.2) is 0 Å². The van der Waals surface area contributed by atoms with E-state index in [1.54, 1.807) is 12.3 Å². The first kappa shape index (κ1) is 35.9. The maximum Gasteiger partial charge on any atom is 0.161 e. The summed E-state index contributed by atoms with van der Waals surface area (Å²) in [6, 6.07) is 21.6. The van der Waals surface area contributed by atoms with Gasteiger partial charge in [-0.3, -0.25) is 9.78 Å². The van der Waals surface area contributed by atoms with Crippen molar-refractivity contribution < 1.29 is 23.7 Å². The number of ketones is 1. The predicted molar refractivity (Wildman–Crippen MR) is 190 cm³/mol. The lowest BCUT2D eigenvalue weighted by Crippen LogP contribution is -2.17. The van der Waals surface area contributed by atoms with E-state index in [2.05, 4.69) is 27.3 Å². The molecule has 0 bridgehead atoms. The van der Waals surface area contributed by atoms with Gasteiger partial charge in [-0.2, -0.15) is 10.5 Å². The average Bonchev–Trinajstić information content (AvgIpc) is 3.13. The monoisotopic (exact) mass is 673 g/mol. The molecule has 0 amide bonds. The van der Waals surface area contributed by atoms with Crippen LogP contribution in [0.5, 0.6) is 23.0 Å². The minimum Gasteiger partial charge on any atom is -0.488 e. The Kier molecular flexibility index (Phi) is 12.8. The molecule has 10 nitrogen and oxygen atoms in total. The van der Waals surface area contributed by atoms with E-state index >= 15 is 0 Å². The van der Waals surface area contributed by atoms with Gasteiger partial charge in [0.1, 0.15) is 55.8 Å². The van der Waals surface area contributed by atoms with E-state index < -0.39 is 0 Å². The van der Waals surface area contributed by atoms with Crippen molar-refractivity contribution in [3.8, 4) is 46.3 Å². The van der Waals surface area contributed by atoms with Crippen LogP contribution in [0.1, 0.15) is 59.1 Å². The molecule has 2 heterocycles. The highest BCUT2D eigenvalue weighted by atomic mass is 16.6. The van der Waals surface area contributed by atoms with Gasteiger partial charge in [0.15, 0.2) is 11.5 Å². The molecule has 0 aliphatic carbocycles. The second-order valence-electron chi connectivity index (χ2n) is 12.5. The van der Waals surface area contributed by atoms with Crippen molar-refractivity contribution in [1.29, 1.82) is 10.5 Å². The summed E-state index contributed by atoms with van der Waals surface area (Å²) in [7, 11) is 4.03. The Bertz CT molecular complexity index is 1880. The van der Waals surface area contributed by atoms with E-state index in [4.69, 9.17) is 18.9 Å². The second-order valence-corrected chi connectivity index (χ2v) is 12.5. The second kappa shape index (κ2) is 17.8. The van der Waals surface area contributed by atoms with E-state index in [0.717, 1.165) is 52.8 Å². The van der Waals surface area contributed by atoms with Crippen LogP contribution in [0.25, 0.3) is 11.1 Å². The van der Waals surface area contributed by atoms with Crippen molar-refractivity contribution >= 4 is 5.78 Å². The highest BCUT2D eigenvalue weighted by Gasteiger charge is 2.17. The molecule has 50 heavy (non-hydrogen) atoms. The number of hydrogen-bond donors (Lipinski definition) is 1. The van der Waals surface area contributed by atoms with E-state index in [1.807, 2.05) is 69.6 Å². The van der Waals surface area contributed by atoms with Gasteiger partial charge in [-0.05, 0) is 87.9 Å². The summed E-state index contributed by atoms with van der Waals surface area (Å²) in [5.74, 6) is 2.91. The van der Waals surface area contributed by atoms with E-state index in [9.17, 15) is 15.3 Å². The molecule has 258 valence electrons. The van der Waals surface area contributed by atoms with E-state index in [-0.39, 0.29) is 13.2 Å². The Balaban J connectivity index is 1.29. The summed E-state index contributed by atoms with van der Waals surface area (Å²) in [4.78, 5) is 18.5. The number of nitrogens with zero attached hydrogens (tertiary/aromatic N) is 4. The van der Waals surface area contributed by atoms with Crippen LogP contribution in [0, 0.1) is 29.6 Å². The molecule has 3 aromatic carbocycles. The number of aromatic nitrogens is 1. The van der Waals surface area contributed by atoms with Crippen molar-refractivity contribution in [2.75, 3.05) is 40.4 Å². The van der Waals surface area contributed by atoms with Gasteiger partial charge in [-0.15, -0.1) is 0 Å². The first-order valence-corrected chi connectivity index (χ1v) is 16.9. The van der Waals surface area contributed by atoms with Crippen LogP contribution >= 0.6 is 0 Å². The van der Waals surface area contributed by atoms with Gasteiger partial charge in [0, 0.05) is 54.5 Å². The van der Waals surface area contributed by atoms with Crippen molar-refractivity contribution in [3.63, 3.8) is 0 Å². The molecule has 0 radical (unpaired) electrons. The Morgan fingerprint density at radius 1 is 0.900 bits per heavy atom. The third-order valence-corrected chi connectivity index (χ3v) is 8.36. The summed E-state index contributed by atoms with van der Waals surface area (Å²) in [6.07, 6.45) is 6.00. The van der Waals surface area contributed by atoms with Crippen LogP contribution in [-0.4, -0.2) is 56.1 Å². The highest BCUT2D eigenvalue weighted by Crippen LogP contribution is 2.37. The standard InChI is InChI=1S/C40H43N5O5/c1-28-17-33(25-43-13-5-8-34(46)9-6-14-45(2)3)39(49-26-30-18-29(21-41)23-44-24-30)20-38(28)50-27-32-7-4-10-35(36(32)22-42)31-11-12-37-40(19-31)48-16-15-47-37/h4,7,10-12,17-20,23-24,43H,5-6,8-9,13-16,25-27H2,1-3H3. The van der Waals surface area contributed by atoms with Crippen molar-refractivity contribution in [2.45, 2.75) is 52.4 Å². The van der Waals surface area contributed by atoms with Crippen LogP contribution in [0.4, 0.5) is 0 Å². The first-order chi connectivity index (χ1) is 24.3. The number of carbonyl (C=O) groups excluding carboxylic acids is 1. The molecule has 0 unspecified atom stereocenters. The van der Waals surface area contributed by atoms with Crippen LogP contribution < -0.4 is 24.3 Å². The maximum atomic E-state index is 12.3. The van der Waals surface area contributed by atoms with Gasteiger partial charge in [0.05, 0.1) is 11.1 Å². The molecule has 4 aromatic rings. The smallest absolute Gasteiger partial charge is 0.161 e. The third-order valence-electron chi connectivity index (χ3n) is 8.36. The molecule has 1 aliphatic heterocycles. The van der Waals surface area contributed by atoms with Crippen LogP contribution in [0.15, 0.2) is 67.0 Å². The lowest BCUT2D eigenvalue weighted by atomic mass is 9.96. The number of aryl methyl sites for hydroxylation is 1. The van der Waals surface area contributed by atoms with Crippen LogP contribution in [-0.2, 0) is 24.6 Å². The predicted octanol–water partition coefficient (Wildman–Crippen LogP) is 6.51. The number of carbonyl (C=O) groups is 1. The number of nitrogens with one attached hydrogen (secondary N) is 1. The van der Waals surface area contributed by atoms with Crippen LogP contribution in [0.3, 0.4) is 0 Å². The number of rotatable bonds is 17. The molecule has 0 saturated carbocycles.